The van der Waals surface area contributed by atoms with Gasteiger partial charge in [-0.2, -0.15) is 0 Å². The van der Waals surface area contributed by atoms with E-state index in [0.29, 0.717) is 0 Å². The van der Waals surface area contributed by atoms with E-state index in [-0.39, 0.29) is 1.43 Å². The van der Waals surface area contributed by atoms with Crippen LogP contribution in [-0.2, 0) is 0 Å². The molecule has 0 aliphatic carbocycles. The van der Waals surface area contributed by atoms with Gasteiger partial charge in [-0.15, -0.1) is 0 Å². The average molecular weight is 173 g/mol. The molecule has 1 heteroatoms. The van der Waals surface area contributed by atoms with E-state index in [1.807, 2.05) is 0 Å². The zero-order valence-electron chi connectivity index (χ0n) is 9.03. The summed E-state index contributed by atoms with van der Waals surface area (Å²) in [4.78, 5) is 0. The van der Waals surface area contributed by atoms with E-state index in [4.69, 9.17) is 0 Å². The van der Waals surface area contributed by atoms with Crippen molar-refractivity contribution in [1.82, 2.24) is 5.32 Å². The molecule has 0 amide bonds. The lowest BCUT2D eigenvalue weighted by Gasteiger charge is -2.15. The van der Waals surface area contributed by atoms with Crippen molar-refractivity contribution in [2.24, 2.45) is 0 Å². The van der Waals surface area contributed by atoms with Gasteiger partial charge in [-0.25, -0.2) is 0 Å². The molecule has 0 saturated carbocycles. The molecule has 1 nitrogen and oxygen atoms in total. The topological polar surface area (TPSA) is 12.0 Å². The van der Waals surface area contributed by atoms with Crippen molar-refractivity contribution in [2.45, 2.75) is 65.3 Å². The molecule has 0 aliphatic heterocycles. The highest BCUT2D eigenvalue weighted by molar-refractivity contribution is 4.63. The van der Waals surface area contributed by atoms with E-state index < -0.39 is 0 Å². The largest absolute Gasteiger partial charge is 0.314 e. The number of hydrogen-bond donors (Lipinski definition) is 1. The van der Waals surface area contributed by atoms with Crippen LogP contribution >= 0.6 is 0 Å². The summed E-state index contributed by atoms with van der Waals surface area (Å²) in [6.45, 7) is 8.00. The van der Waals surface area contributed by atoms with Gasteiger partial charge in [0.2, 0.25) is 0 Å². The molecule has 12 heavy (non-hydrogen) atoms. The summed E-state index contributed by atoms with van der Waals surface area (Å²) in [5, 5.41) is 3.61. The van der Waals surface area contributed by atoms with Gasteiger partial charge in [-0.3, -0.25) is 0 Å². The van der Waals surface area contributed by atoms with Crippen LogP contribution in [0.2, 0.25) is 0 Å². The quantitative estimate of drug-likeness (QED) is 0.553. The van der Waals surface area contributed by atoms with Crippen LogP contribution in [0, 0.1) is 0 Å². The zero-order valence-corrected chi connectivity index (χ0v) is 9.03. The number of unbranched alkanes of at least 4 members (excludes halogenated alkanes) is 2. The molecule has 0 fully saturated rings. The van der Waals surface area contributed by atoms with Gasteiger partial charge in [0.25, 0.3) is 0 Å². The predicted molar refractivity (Wildman–Crippen MR) is 58.6 cm³/mol. The number of hydrogen-bond acceptors (Lipinski definition) is 1. The minimum absolute atomic E-state index is 0. The molecule has 0 heterocycles. The highest BCUT2D eigenvalue weighted by Crippen LogP contribution is 2.01. The lowest BCUT2D eigenvalue weighted by molar-refractivity contribution is 0.454. The Hall–Kier alpha value is -0.0400. The first kappa shape index (κ1) is 12.0. The van der Waals surface area contributed by atoms with E-state index >= 15 is 0 Å². The smallest absolute Gasteiger partial charge is 0.00643 e. The fraction of sp³-hybridized carbons (Fsp3) is 1.00. The van der Waals surface area contributed by atoms with Crippen molar-refractivity contribution in [3.8, 4) is 0 Å². The summed E-state index contributed by atoms with van der Waals surface area (Å²) in [6, 6.07) is 0.770. The maximum atomic E-state index is 3.61. The highest BCUT2D eigenvalue weighted by Gasteiger charge is 2.01. The fourth-order valence-corrected chi connectivity index (χ4v) is 1.48. The Labute approximate surface area is 79.4 Å². The molecule has 1 unspecified atom stereocenters. The van der Waals surface area contributed by atoms with E-state index in [1.54, 1.807) is 0 Å². The Morgan fingerprint density at radius 3 is 2.33 bits per heavy atom. The van der Waals surface area contributed by atoms with Crippen LogP contribution in [0.25, 0.3) is 0 Å². The third-order valence-corrected chi connectivity index (χ3v) is 2.34. The van der Waals surface area contributed by atoms with Gasteiger partial charge in [0.05, 0.1) is 0 Å². The second kappa shape index (κ2) is 9.05. The van der Waals surface area contributed by atoms with Crippen molar-refractivity contribution >= 4 is 0 Å². The monoisotopic (exact) mass is 173 g/mol. The Kier molecular flexibility index (Phi) is 9.02. The summed E-state index contributed by atoms with van der Waals surface area (Å²) >= 11 is 0. The molecule has 0 bridgehead atoms. The first-order valence-corrected chi connectivity index (χ1v) is 5.58. The Balaban J connectivity index is 0. The third-order valence-electron chi connectivity index (χ3n) is 2.34. The van der Waals surface area contributed by atoms with Crippen molar-refractivity contribution in [3.63, 3.8) is 0 Å². The SMILES string of the molecule is CCCCCNC(CC)CCC.[HH]. The zero-order chi connectivity index (χ0) is 9.23. The summed E-state index contributed by atoms with van der Waals surface area (Å²) < 4.78 is 0. The minimum atomic E-state index is 0. The minimum Gasteiger partial charge on any atom is -0.314 e. The van der Waals surface area contributed by atoms with E-state index in [0.717, 1.165) is 6.04 Å². The summed E-state index contributed by atoms with van der Waals surface area (Å²) in [5.74, 6) is 0. The van der Waals surface area contributed by atoms with E-state index in [1.165, 1.54) is 45.1 Å². The molecule has 0 spiro atoms. The Morgan fingerprint density at radius 2 is 1.83 bits per heavy atom. The van der Waals surface area contributed by atoms with Crippen LogP contribution in [0.15, 0.2) is 0 Å². The van der Waals surface area contributed by atoms with Gasteiger partial charge in [0.1, 0.15) is 0 Å². The van der Waals surface area contributed by atoms with Crippen molar-refractivity contribution in [2.75, 3.05) is 6.54 Å². The van der Waals surface area contributed by atoms with Crippen LogP contribution in [0.4, 0.5) is 0 Å². The molecule has 0 aromatic carbocycles. The number of nitrogens with one attached hydrogen (secondary N) is 1. The molecular formula is C11H27N. The van der Waals surface area contributed by atoms with Gasteiger partial charge in [0, 0.05) is 7.47 Å². The van der Waals surface area contributed by atoms with Crippen LogP contribution in [0.5, 0.6) is 0 Å². The van der Waals surface area contributed by atoms with Gasteiger partial charge in [0.15, 0.2) is 0 Å². The van der Waals surface area contributed by atoms with Gasteiger partial charge >= 0.3 is 0 Å². The summed E-state index contributed by atoms with van der Waals surface area (Å²) in [6.07, 6.45) is 7.96. The maximum Gasteiger partial charge on any atom is 0.00643 e. The van der Waals surface area contributed by atoms with Crippen LogP contribution < -0.4 is 5.32 Å². The van der Waals surface area contributed by atoms with Crippen molar-refractivity contribution in [3.05, 3.63) is 0 Å². The van der Waals surface area contributed by atoms with Gasteiger partial charge in [-0.05, 0) is 25.8 Å². The molecule has 0 radical (unpaired) electrons. The molecular weight excluding hydrogens is 146 g/mol. The fourth-order valence-electron chi connectivity index (χ4n) is 1.48. The van der Waals surface area contributed by atoms with E-state index in [2.05, 4.69) is 26.1 Å². The third kappa shape index (κ3) is 6.66. The highest BCUT2D eigenvalue weighted by atomic mass is 14.9. The van der Waals surface area contributed by atoms with Gasteiger partial charge in [-0.1, -0.05) is 40.0 Å². The first-order valence-electron chi connectivity index (χ1n) is 5.58. The van der Waals surface area contributed by atoms with Gasteiger partial charge < -0.3 is 5.32 Å². The molecule has 76 valence electrons. The van der Waals surface area contributed by atoms with Crippen molar-refractivity contribution < 1.29 is 1.43 Å². The standard InChI is InChI=1S/C11H25N.H2/c1-4-7-8-10-12-11(6-3)9-5-2;/h11-12H,4-10H2,1-3H3;1H. The lowest BCUT2D eigenvalue weighted by atomic mass is 10.1. The molecule has 1 N–H and O–H groups in total. The van der Waals surface area contributed by atoms with Crippen LogP contribution in [0.3, 0.4) is 0 Å². The molecule has 0 rings (SSSR count). The summed E-state index contributed by atoms with van der Waals surface area (Å²) in [5.41, 5.74) is 0. The van der Waals surface area contributed by atoms with Crippen LogP contribution in [0.1, 0.15) is 60.7 Å². The molecule has 0 aliphatic rings. The predicted octanol–water partition coefficient (Wildman–Crippen LogP) is 3.59. The second-order valence-corrected chi connectivity index (χ2v) is 3.56. The maximum absolute atomic E-state index is 3.61. The summed E-state index contributed by atoms with van der Waals surface area (Å²) in [7, 11) is 0. The average Bonchev–Trinajstić information content (AvgIpc) is 2.10. The number of rotatable bonds is 8. The van der Waals surface area contributed by atoms with Crippen LogP contribution in [-0.4, -0.2) is 12.6 Å². The Morgan fingerprint density at radius 1 is 1.08 bits per heavy atom. The Bertz CT molecular complexity index is 86.2. The molecule has 1 atom stereocenters. The normalized spacial score (nSPS) is 13.2. The molecule has 0 aromatic rings. The first-order chi connectivity index (χ1) is 5.85. The van der Waals surface area contributed by atoms with E-state index in [9.17, 15) is 0 Å². The second-order valence-electron chi connectivity index (χ2n) is 3.56. The van der Waals surface area contributed by atoms with Crippen molar-refractivity contribution in [1.29, 1.82) is 0 Å². The molecule has 0 saturated heterocycles. The molecule has 0 aromatic heterocycles. The lowest BCUT2D eigenvalue weighted by Crippen LogP contribution is -2.29.